The second-order valence-electron chi connectivity index (χ2n) is 5.36. The molecule has 0 saturated heterocycles. The van der Waals surface area contributed by atoms with E-state index >= 15 is 0 Å². The molecule has 24 heavy (non-hydrogen) atoms. The van der Waals surface area contributed by atoms with E-state index in [1.165, 1.54) is 11.0 Å². The summed E-state index contributed by atoms with van der Waals surface area (Å²) in [5.74, 6) is 1.33. The van der Waals surface area contributed by atoms with Gasteiger partial charge in [0.1, 0.15) is 17.2 Å². The molecule has 4 rings (SSSR count). The van der Waals surface area contributed by atoms with Crippen molar-refractivity contribution in [2.24, 2.45) is 0 Å². The van der Waals surface area contributed by atoms with Gasteiger partial charge in [-0.15, -0.1) is 11.8 Å². The Labute approximate surface area is 143 Å². The molecule has 2 aromatic carbocycles. The Balaban J connectivity index is 1.61. The number of pyridine rings is 1. The van der Waals surface area contributed by atoms with Crippen LogP contribution in [-0.2, 0) is 5.75 Å². The summed E-state index contributed by atoms with van der Waals surface area (Å²) >= 11 is 1.71. The maximum absolute atomic E-state index is 13.9. The minimum Gasteiger partial charge on any atom is -0.326 e. The zero-order chi connectivity index (χ0) is 16.4. The van der Waals surface area contributed by atoms with Gasteiger partial charge in [-0.3, -0.25) is 0 Å². The molecular formula is C19H14FN3S. The first kappa shape index (κ1) is 14.9. The first-order valence-corrected chi connectivity index (χ1v) is 8.55. The van der Waals surface area contributed by atoms with Gasteiger partial charge in [-0.05, 0) is 24.3 Å². The summed E-state index contributed by atoms with van der Waals surface area (Å²) in [7, 11) is 0. The van der Waals surface area contributed by atoms with Gasteiger partial charge in [0.15, 0.2) is 5.65 Å². The smallest absolute Gasteiger partial charge is 0.157 e. The third-order valence-electron chi connectivity index (χ3n) is 3.69. The molecule has 2 heterocycles. The quantitative estimate of drug-likeness (QED) is 0.530. The summed E-state index contributed by atoms with van der Waals surface area (Å²) in [6.45, 7) is 0. The van der Waals surface area contributed by atoms with Gasteiger partial charge in [-0.25, -0.2) is 14.4 Å². The van der Waals surface area contributed by atoms with Crippen LogP contribution < -0.4 is 0 Å². The SMILES string of the molecule is Fc1ccccc1-c1cnc2[nH]c(CSc3ccccc3)nc2c1. The Kier molecular flexibility index (Phi) is 4.01. The minimum atomic E-state index is -0.256. The molecular weight excluding hydrogens is 321 g/mol. The highest BCUT2D eigenvalue weighted by Crippen LogP contribution is 2.26. The van der Waals surface area contributed by atoms with Gasteiger partial charge in [-0.1, -0.05) is 36.4 Å². The van der Waals surface area contributed by atoms with Crippen LogP contribution in [0.2, 0.25) is 0 Å². The molecule has 0 spiro atoms. The number of hydrogen-bond donors (Lipinski definition) is 1. The fraction of sp³-hybridized carbons (Fsp3) is 0.0526. The van der Waals surface area contributed by atoms with E-state index in [2.05, 4.69) is 27.1 Å². The van der Waals surface area contributed by atoms with Gasteiger partial charge in [0.2, 0.25) is 0 Å². The maximum Gasteiger partial charge on any atom is 0.157 e. The first-order chi connectivity index (χ1) is 11.8. The second kappa shape index (κ2) is 6.45. The fourth-order valence-electron chi connectivity index (χ4n) is 2.52. The van der Waals surface area contributed by atoms with Crippen molar-refractivity contribution in [3.8, 4) is 11.1 Å². The zero-order valence-electron chi connectivity index (χ0n) is 12.7. The number of fused-ring (bicyclic) bond motifs is 1. The third kappa shape index (κ3) is 3.03. The predicted octanol–water partition coefficient (Wildman–Crippen LogP) is 5.06. The number of benzene rings is 2. The molecule has 0 unspecified atom stereocenters. The molecule has 3 nitrogen and oxygen atoms in total. The van der Waals surface area contributed by atoms with Crippen LogP contribution in [0, 0.1) is 5.82 Å². The Bertz CT molecular complexity index is 982. The van der Waals surface area contributed by atoms with Crippen molar-refractivity contribution in [1.82, 2.24) is 15.0 Å². The fourth-order valence-corrected chi connectivity index (χ4v) is 3.31. The van der Waals surface area contributed by atoms with Gasteiger partial charge < -0.3 is 4.98 Å². The number of hydrogen-bond acceptors (Lipinski definition) is 3. The molecule has 0 radical (unpaired) electrons. The molecule has 0 fully saturated rings. The van der Waals surface area contributed by atoms with Gasteiger partial charge >= 0.3 is 0 Å². The first-order valence-electron chi connectivity index (χ1n) is 7.57. The zero-order valence-corrected chi connectivity index (χ0v) is 13.6. The Hall–Kier alpha value is -2.66. The molecule has 0 amide bonds. The Morgan fingerprint density at radius 2 is 1.79 bits per heavy atom. The van der Waals surface area contributed by atoms with Crippen LogP contribution in [0.5, 0.6) is 0 Å². The molecule has 2 aromatic heterocycles. The summed E-state index contributed by atoms with van der Waals surface area (Å²) < 4.78 is 13.9. The van der Waals surface area contributed by atoms with Crippen LogP contribution in [0.1, 0.15) is 5.82 Å². The van der Waals surface area contributed by atoms with E-state index in [0.29, 0.717) is 5.56 Å². The van der Waals surface area contributed by atoms with E-state index in [1.54, 1.807) is 30.1 Å². The van der Waals surface area contributed by atoms with Crippen LogP contribution >= 0.6 is 11.8 Å². The number of aromatic amines is 1. The van der Waals surface area contributed by atoms with Crippen molar-refractivity contribution < 1.29 is 4.39 Å². The standard InChI is InChI=1S/C19H14FN3S/c20-16-9-5-4-8-15(16)13-10-17-19(21-11-13)23-18(22-17)12-24-14-6-2-1-3-7-14/h1-11H,12H2,(H,21,22,23). The highest BCUT2D eigenvalue weighted by Gasteiger charge is 2.09. The van der Waals surface area contributed by atoms with E-state index in [9.17, 15) is 4.39 Å². The minimum absolute atomic E-state index is 0.256. The van der Waals surface area contributed by atoms with E-state index in [1.807, 2.05) is 30.3 Å². The number of rotatable bonds is 4. The van der Waals surface area contributed by atoms with E-state index < -0.39 is 0 Å². The van der Waals surface area contributed by atoms with Crippen molar-refractivity contribution in [1.29, 1.82) is 0 Å². The number of thioether (sulfide) groups is 1. The number of aromatic nitrogens is 3. The molecule has 118 valence electrons. The topological polar surface area (TPSA) is 41.6 Å². The van der Waals surface area contributed by atoms with Crippen LogP contribution in [0.15, 0.2) is 71.8 Å². The molecule has 5 heteroatoms. The lowest BCUT2D eigenvalue weighted by Crippen LogP contribution is -1.85. The van der Waals surface area contributed by atoms with E-state index in [4.69, 9.17) is 0 Å². The third-order valence-corrected chi connectivity index (χ3v) is 4.71. The second-order valence-corrected chi connectivity index (χ2v) is 6.41. The lowest BCUT2D eigenvalue weighted by molar-refractivity contribution is 0.631. The largest absolute Gasteiger partial charge is 0.326 e. The molecule has 0 atom stereocenters. The summed E-state index contributed by atoms with van der Waals surface area (Å²) in [5, 5.41) is 0. The van der Waals surface area contributed by atoms with Crippen LogP contribution in [0.4, 0.5) is 4.39 Å². The van der Waals surface area contributed by atoms with Crippen molar-refractivity contribution >= 4 is 22.9 Å². The number of H-pyrrole nitrogens is 1. The molecule has 4 aromatic rings. The predicted molar refractivity (Wildman–Crippen MR) is 95.3 cm³/mol. The average molecular weight is 335 g/mol. The van der Waals surface area contributed by atoms with Crippen molar-refractivity contribution in [3.05, 3.63) is 78.5 Å². The normalized spacial score (nSPS) is 11.0. The van der Waals surface area contributed by atoms with Crippen molar-refractivity contribution in [3.63, 3.8) is 0 Å². The summed E-state index contributed by atoms with van der Waals surface area (Å²) in [4.78, 5) is 13.4. The van der Waals surface area contributed by atoms with Gasteiger partial charge in [-0.2, -0.15) is 0 Å². The van der Waals surface area contributed by atoms with Gasteiger partial charge in [0.05, 0.1) is 5.75 Å². The molecule has 0 aliphatic rings. The molecule has 0 saturated carbocycles. The van der Waals surface area contributed by atoms with Crippen molar-refractivity contribution in [2.45, 2.75) is 10.6 Å². The molecule has 0 bridgehead atoms. The van der Waals surface area contributed by atoms with E-state index in [-0.39, 0.29) is 5.82 Å². The van der Waals surface area contributed by atoms with Crippen LogP contribution in [0.3, 0.4) is 0 Å². The average Bonchev–Trinajstić information content (AvgIpc) is 3.03. The highest BCUT2D eigenvalue weighted by molar-refractivity contribution is 7.98. The van der Waals surface area contributed by atoms with Crippen molar-refractivity contribution in [2.75, 3.05) is 0 Å². The number of nitrogens with zero attached hydrogens (tertiary/aromatic N) is 2. The number of nitrogens with one attached hydrogen (secondary N) is 1. The van der Waals surface area contributed by atoms with Crippen LogP contribution in [0.25, 0.3) is 22.3 Å². The van der Waals surface area contributed by atoms with Gasteiger partial charge in [0, 0.05) is 22.2 Å². The molecule has 0 aliphatic heterocycles. The monoisotopic (exact) mass is 335 g/mol. The highest BCUT2D eigenvalue weighted by atomic mass is 32.2. The number of imidazole rings is 1. The molecule has 1 N–H and O–H groups in total. The summed E-state index contributed by atoms with van der Waals surface area (Å²) in [5.41, 5.74) is 2.74. The Morgan fingerprint density at radius 3 is 2.62 bits per heavy atom. The summed E-state index contributed by atoms with van der Waals surface area (Å²) in [6, 6.07) is 18.7. The van der Waals surface area contributed by atoms with Crippen LogP contribution in [-0.4, -0.2) is 15.0 Å². The lowest BCUT2D eigenvalue weighted by Gasteiger charge is -2.01. The van der Waals surface area contributed by atoms with E-state index in [0.717, 1.165) is 28.3 Å². The number of halogens is 1. The summed E-state index contributed by atoms with van der Waals surface area (Å²) in [6.07, 6.45) is 1.67. The molecule has 0 aliphatic carbocycles. The Morgan fingerprint density at radius 1 is 1.00 bits per heavy atom. The van der Waals surface area contributed by atoms with Gasteiger partial charge in [0.25, 0.3) is 0 Å². The lowest BCUT2D eigenvalue weighted by atomic mass is 10.1. The maximum atomic E-state index is 13.9.